The van der Waals surface area contributed by atoms with Crippen LogP contribution in [0.15, 0.2) is 18.2 Å². The Kier molecular flexibility index (Phi) is 4.40. The Morgan fingerprint density at radius 1 is 1.06 bits per heavy atom. The Hall–Kier alpha value is -1.22. The van der Waals surface area contributed by atoms with Crippen LogP contribution < -0.4 is 9.47 Å². The molecule has 0 aliphatic carbocycles. The topological polar surface area (TPSA) is 21.7 Å². The molecule has 3 nitrogen and oxygen atoms in total. The first-order valence-electron chi connectivity index (χ1n) is 5.79. The summed E-state index contributed by atoms with van der Waals surface area (Å²) in [5.74, 6) is 1.78. The van der Waals surface area contributed by atoms with Crippen molar-refractivity contribution in [1.29, 1.82) is 0 Å². The quantitative estimate of drug-likeness (QED) is 0.785. The van der Waals surface area contributed by atoms with Crippen LogP contribution in [0.5, 0.6) is 11.5 Å². The van der Waals surface area contributed by atoms with Crippen LogP contribution in [0.3, 0.4) is 0 Å². The van der Waals surface area contributed by atoms with E-state index in [1.54, 1.807) is 14.2 Å². The van der Waals surface area contributed by atoms with Gasteiger partial charge in [-0.15, -0.1) is 0 Å². The second-order valence-corrected chi connectivity index (χ2v) is 5.02. The van der Waals surface area contributed by atoms with E-state index in [4.69, 9.17) is 9.47 Å². The molecule has 0 aliphatic rings. The molecule has 0 N–H and O–H groups in total. The molecule has 0 saturated heterocycles. The molecule has 0 aromatic heterocycles. The summed E-state index contributed by atoms with van der Waals surface area (Å²) in [4.78, 5) is 2.21. The molecule has 1 aromatic rings. The molecule has 0 heterocycles. The Labute approximate surface area is 104 Å². The second kappa shape index (κ2) is 5.41. The summed E-state index contributed by atoms with van der Waals surface area (Å²) in [6.07, 6.45) is 0.882. The SMILES string of the molecule is COc1cccc(OC)c1CC(C)(C)N(C)C. The predicted octanol–water partition coefficient (Wildman–Crippen LogP) is 2.59. The first-order chi connectivity index (χ1) is 7.92. The molecular weight excluding hydrogens is 214 g/mol. The molecule has 0 atom stereocenters. The zero-order chi connectivity index (χ0) is 13.1. The van der Waals surface area contributed by atoms with Gasteiger partial charge in [0.2, 0.25) is 0 Å². The van der Waals surface area contributed by atoms with Gasteiger partial charge >= 0.3 is 0 Å². The van der Waals surface area contributed by atoms with Crippen molar-refractivity contribution in [3.05, 3.63) is 23.8 Å². The number of methoxy groups -OCH3 is 2. The Bertz CT molecular complexity index is 350. The predicted molar refractivity (Wildman–Crippen MR) is 71.0 cm³/mol. The van der Waals surface area contributed by atoms with E-state index in [9.17, 15) is 0 Å². The number of ether oxygens (including phenoxy) is 2. The lowest BCUT2D eigenvalue weighted by atomic mass is 9.92. The van der Waals surface area contributed by atoms with E-state index in [0.717, 1.165) is 23.5 Å². The van der Waals surface area contributed by atoms with Gasteiger partial charge in [-0.05, 0) is 46.5 Å². The fraction of sp³-hybridized carbons (Fsp3) is 0.571. The first kappa shape index (κ1) is 13.8. The van der Waals surface area contributed by atoms with E-state index >= 15 is 0 Å². The molecular formula is C14H23NO2. The Balaban J connectivity index is 3.11. The van der Waals surface area contributed by atoms with E-state index in [0.29, 0.717) is 0 Å². The molecule has 0 spiro atoms. The van der Waals surface area contributed by atoms with Crippen molar-refractivity contribution in [1.82, 2.24) is 4.90 Å². The third-order valence-corrected chi connectivity index (χ3v) is 3.35. The number of likely N-dealkylation sites (N-methyl/N-ethyl adjacent to an activating group) is 1. The highest BCUT2D eigenvalue weighted by atomic mass is 16.5. The maximum absolute atomic E-state index is 5.41. The standard InChI is InChI=1S/C14H23NO2/c1-14(2,15(3)4)10-11-12(16-5)8-7-9-13(11)17-6/h7-9H,10H2,1-6H3. The summed E-state index contributed by atoms with van der Waals surface area (Å²) >= 11 is 0. The van der Waals surface area contributed by atoms with E-state index in [2.05, 4.69) is 32.8 Å². The van der Waals surface area contributed by atoms with Crippen LogP contribution in [0, 0.1) is 0 Å². The van der Waals surface area contributed by atoms with Gasteiger partial charge in [0.05, 0.1) is 14.2 Å². The van der Waals surface area contributed by atoms with Crippen LogP contribution in [0.4, 0.5) is 0 Å². The molecule has 0 bridgehead atoms. The highest BCUT2D eigenvalue weighted by Crippen LogP contribution is 2.32. The van der Waals surface area contributed by atoms with Crippen molar-refractivity contribution in [3.8, 4) is 11.5 Å². The van der Waals surface area contributed by atoms with E-state index in [1.165, 1.54) is 0 Å². The smallest absolute Gasteiger partial charge is 0.125 e. The molecule has 0 aliphatic heterocycles. The minimum absolute atomic E-state index is 0.0575. The van der Waals surface area contributed by atoms with Gasteiger partial charge in [-0.1, -0.05) is 6.07 Å². The van der Waals surface area contributed by atoms with Crippen molar-refractivity contribution in [2.75, 3.05) is 28.3 Å². The lowest BCUT2D eigenvalue weighted by Gasteiger charge is -2.33. The zero-order valence-electron chi connectivity index (χ0n) is 11.7. The van der Waals surface area contributed by atoms with Crippen molar-refractivity contribution in [3.63, 3.8) is 0 Å². The van der Waals surface area contributed by atoms with Gasteiger partial charge in [-0.25, -0.2) is 0 Å². The summed E-state index contributed by atoms with van der Waals surface area (Å²) in [5.41, 5.74) is 1.18. The minimum Gasteiger partial charge on any atom is -0.496 e. The van der Waals surface area contributed by atoms with Crippen LogP contribution in [0.2, 0.25) is 0 Å². The van der Waals surface area contributed by atoms with Gasteiger partial charge in [0.25, 0.3) is 0 Å². The van der Waals surface area contributed by atoms with E-state index in [-0.39, 0.29) is 5.54 Å². The third-order valence-electron chi connectivity index (χ3n) is 3.35. The molecule has 0 saturated carbocycles. The third kappa shape index (κ3) is 3.13. The molecule has 0 unspecified atom stereocenters. The lowest BCUT2D eigenvalue weighted by Crippen LogP contribution is -2.40. The summed E-state index contributed by atoms with van der Waals surface area (Å²) in [6, 6.07) is 5.90. The largest absolute Gasteiger partial charge is 0.496 e. The van der Waals surface area contributed by atoms with Gasteiger partial charge in [-0.2, -0.15) is 0 Å². The molecule has 3 heteroatoms. The zero-order valence-corrected chi connectivity index (χ0v) is 11.7. The van der Waals surface area contributed by atoms with Crippen LogP contribution >= 0.6 is 0 Å². The van der Waals surface area contributed by atoms with E-state index in [1.807, 2.05) is 18.2 Å². The lowest BCUT2D eigenvalue weighted by molar-refractivity contribution is 0.191. The maximum atomic E-state index is 5.41. The number of nitrogens with zero attached hydrogens (tertiary/aromatic N) is 1. The Morgan fingerprint density at radius 3 is 1.88 bits per heavy atom. The van der Waals surface area contributed by atoms with Gasteiger partial charge in [0.1, 0.15) is 11.5 Å². The second-order valence-electron chi connectivity index (χ2n) is 5.02. The van der Waals surface area contributed by atoms with E-state index < -0.39 is 0 Å². The average molecular weight is 237 g/mol. The number of benzene rings is 1. The molecule has 96 valence electrons. The molecule has 0 fully saturated rings. The average Bonchev–Trinajstić information content (AvgIpc) is 2.28. The van der Waals surface area contributed by atoms with Crippen molar-refractivity contribution >= 4 is 0 Å². The van der Waals surface area contributed by atoms with Gasteiger partial charge in [0.15, 0.2) is 0 Å². The van der Waals surface area contributed by atoms with Crippen molar-refractivity contribution in [2.24, 2.45) is 0 Å². The summed E-state index contributed by atoms with van der Waals surface area (Å²) in [5, 5.41) is 0. The minimum atomic E-state index is 0.0575. The fourth-order valence-corrected chi connectivity index (χ4v) is 1.69. The molecule has 17 heavy (non-hydrogen) atoms. The maximum Gasteiger partial charge on any atom is 0.125 e. The summed E-state index contributed by atoms with van der Waals surface area (Å²) in [7, 11) is 7.56. The Morgan fingerprint density at radius 2 is 1.53 bits per heavy atom. The fourth-order valence-electron chi connectivity index (χ4n) is 1.69. The van der Waals surface area contributed by atoms with Crippen molar-refractivity contribution < 1.29 is 9.47 Å². The number of hydrogen-bond acceptors (Lipinski definition) is 3. The summed E-state index contributed by atoms with van der Waals surface area (Å²) in [6.45, 7) is 4.41. The number of hydrogen-bond donors (Lipinski definition) is 0. The van der Waals surface area contributed by atoms with Crippen LogP contribution in [0.25, 0.3) is 0 Å². The van der Waals surface area contributed by atoms with Gasteiger partial charge in [-0.3, -0.25) is 0 Å². The monoisotopic (exact) mass is 237 g/mol. The van der Waals surface area contributed by atoms with Gasteiger partial charge < -0.3 is 14.4 Å². The molecule has 1 rings (SSSR count). The highest BCUT2D eigenvalue weighted by molar-refractivity contribution is 5.45. The van der Waals surface area contributed by atoms with Crippen LogP contribution in [-0.2, 0) is 6.42 Å². The van der Waals surface area contributed by atoms with Crippen LogP contribution in [0.1, 0.15) is 19.4 Å². The number of rotatable bonds is 5. The normalized spacial score (nSPS) is 11.7. The van der Waals surface area contributed by atoms with Gasteiger partial charge in [0, 0.05) is 11.1 Å². The van der Waals surface area contributed by atoms with Crippen LogP contribution in [-0.4, -0.2) is 38.8 Å². The van der Waals surface area contributed by atoms with Crippen molar-refractivity contribution in [2.45, 2.75) is 25.8 Å². The molecule has 0 amide bonds. The first-order valence-corrected chi connectivity index (χ1v) is 5.79. The molecule has 0 radical (unpaired) electrons. The highest BCUT2D eigenvalue weighted by Gasteiger charge is 2.24. The summed E-state index contributed by atoms with van der Waals surface area (Å²) < 4.78 is 10.8. The molecule has 1 aromatic carbocycles.